The Bertz CT molecular complexity index is 485. The van der Waals surface area contributed by atoms with Gasteiger partial charge in [-0.25, -0.2) is 0 Å². The maximum absolute atomic E-state index is 11.5. The Kier molecular flexibility index (Phi) is 11.2. The SMILES string of the molecule is C=CCNC(=NC)NCc1ccc(NC(=O)CCC)cc1.I. The predicted molar refractivity (Wildman–Crippen MR) is 104 cm³/mol. The zero-order valence-electron chi connectivity index (χ0n) is 13.2. The monoisotopic (exact) mass is 416 g/mol. The number of carbonyl (C=O) groups excluding carboxylic acids is 1. The number of hydrogen-bond donors (Lipinski definition) is 3. The Morgan fingerprint density at radius 2 is 1.95 bits per heavy atom. The lowest BCUT2D eigenvalue weighted by atomic mass is 10.2. The first-order valence-electron chi connectivity index (χ1n) is 7.13. The summed E-state index contributed by atoms with van der Waals surface area (Å²) in [6, 6.07) is 7.78. The van der Waals surface area contributed by atoms with Gasteiger partial charge >= 0.3 is 0 Å². The quantitative estimate of drug-likeness (QED) is 0.277. The van der Waals surface area contributed by atoms with E-state index in [0.717, 1.165) is 23.6 Å². The number of aliphatic imine (C=N–C) groups is 1. The summed E-state index contributed by atoms with van der Waals surface area (Å²) in [5, 5.41) is 9.18. The molecule has 0 aromatic heterocycles. The molecule has 0 atom stereocenters. The van der Waals surface area contributed by atoms with Gasteiger partial charge in [-0.05, 0) is 24.1 Å². The molecule has 1 aromatic carbocycles. The highest BCUT2D eigenvalue weighted by Crippen LogP contribution is 2.10. The molecule has 3 N–H and O–H groups in total. The summed E-state index contributed by atoms with van der Waals surface area (Å²) < 4.78 is 0. The van der Waals surface area contributed by atoms with E-state index < -0.39 is 0 Å². The zero-order valence-corrected chi connectivity index (χ0v) is 15.5. The van der Waals surface area contributed by atoms with E-state index in [2.05, 4.69) is 27.5 Å². The normalized spacial score (nSPS) is 10.4. The zero-order chi connectivity index (χ0) is 15.5. The molecule has 1 rings (SSSR count). The van der Waals surface area contributed by atoms with Crippen LogP contribution in [0.4, 0.5) is 5.69 Å². The van der Waals surface area contributed by atoms with Gasteiger partial charge in [0.1, 0.15) is 0 Å². The van der Waals surface area contributed by atoms with Gasteiger partial charge in [0.25, 0.3) is 0 Å². The maximum Gasteiger partial charge on any atom is 0.224 e. The summed E-state index contributed by atoms with van der Waals surface area (Å²) in [6.07, 6.45) is 3.18. The van der Waals surface area contributed by atoms with Crippen LogP contribution < -0.4 is 16.0 Å². The lowest BCUT2D eigenvalue weighted by Gasteiger charge is -2.11. The maximum atomic E-state index is 11.5. The Morgan fingerprint density at radius 3 is 2.50 bits per heavy atom. The van der Waals surface area contributed by atoms with Crippen LogP contribution in [0.25, 0.3) is 0 Å². The summed E-state index contributed by atoms with van der Waals surface area (Å²) in [4.78, 5) is 15.6. The van der Waals surface area contributed by atoms with Crippen molar-refractivity contribution in [3.8, 4) is 0 Å². The number of nitrogens with zero attached hydrogens (tertiary/aromatic N) is 1. The molecule has 22 heavy (non-hydrogen) atoms. The van der Waals surface area contributed by atoms with Gasteiger partial charge in [0.05, 0.1) is 0 Å². The van der Waals surface area contributed by atoms with Crippen LogP contribution in [-0.2, 0) is 11.3 Å². The molecule has 0 spiro atoms. The average Bonchev–Trinajstić information content (AvgIpc) is 2.49. The summed E-state index contributed by atoms with van der Waals surface area (Å²) in [5.74, 6) is 0.785. The molecule has 0 unspecified atom stereocenters. The van der Waals surface area contributed by atoms with Gasteiger partial charge in [0.2, 0.25) is 5.91 Å². The first kappa shape index (κ1) is 20.4. The van der Waals surface area contributed by atoms with Gasteiger partial charge in [-0.1, -0.05) is 25.1 Å². The second-order valence-corrected chi connectivity index (χ2v) is 4.59. The van der Waals surface area contributed by atoms with Gasteiger partial charge in [0, 0.05) is 32.2 Å². The van der Waals surface area contributed by atoms with Crippen LogP contribution >= 0.6 is 24.0 Å². The molecule has 122 valence electrons. The average molecular weight is 416 g/mol. The van der Waals surface area contributed by atoms with Crippen molar-refractivity contribution in [1.82, 2.24) is 10.6 Å². The van der Waals surface area contributed by atoms with E-state index in [1.165, 1.54) is 0 Å². The van der Waals surface area contributed by atoms with E-state index in [1.807, 2.05) is 31.2 Å². The summed E-state index contributed by atoms with van der Waals surface area (Å²) in [7, 11) is 1.73. The second-order valence-electron chi connectivity index (χ2n) is 4.59. The lowest BCUT2D eigenvalue weighted by Crippen LogP contribution is -2.36. The van der Waals surface area contributed by atoms with Gasteiger partial charge in [-0.3, -0.25) is 9.79 Å². The molecular formula is C16H25IN4O. The van der Waals surface area contributed by atoms with E-state index in [4.69, 9.17) is 0 Å². The Balaban J connectivity index is 0.00000441. The summed E-state index contributed by atoms with van der Waals surface area (Å²) in [5.41, 5.74) is 1.94. The fourth-order valence-corrected chi connectivity index (χ4v) is 1.73. The van der Waals surface area contributed by atoms with Gasteiger partial charge in [-0.15, -0.1) is 30.6 Å². The highest BCUT2D eigenvalue weighted by molar-refractivity contribution is 14.0. The van der Waals surface area contributed by atoms with E-state index in [9.17, 15) is 4.79 Å². The van der Waals surface area contributed by atoms with Gasteiger partial charge in [-0.2, -0.15) is 0 Å². The van der Waals surface area contributed by atoms with Crippen molar-refractivity contribution >= 4 is 41.5 Å². The van der Waals surface area contributed by atoms with Gasteiger partial charge < -0.3 is 16.0 Å². The number of amides is 1. The number of guanidine groups is 1. The lowest BCUT2D eigenvalue weighted by molar-refractivity contribution is -0.116. The molecule has 5 nitrogen and oxygen atoms in total. The molecule has 1 aromatic rings. The molecule has 0 radical (unpaired) electrons. The van der Waals surface area contributed by atoms with E-state index in [-0.39, 0.29) is 29.9 Å². The number of nitrogens with one attached hydrogen (secondary N) is 3. The molecule has 1 amide bonds. The van der Waals surface area contributed by atoms with Crippen LogP contribution in [0.1, 0.15) is 25.3 Å². The number of carbonyl (C=O) groups is 1. The Labute approximate surface area is 149 Å². The highest BCUT2D eigenvalue weighted by atomic mass is 127. The number of hydrogen-bond acceptors (Lipinski definition) is 2. The first-order chi connectivity index (χ1) is 10.2. The molecule has 0 bridgehead atoms. The van der Waals surface area contributed by atoms with E-state index in [1.54, 1.807) is 13.1 Å². The van der Waals surface area contributed by atoms with Crippen LogP contribution in [0.2, 0.25) is 0 Å². The Morgan fingerprint density at radius 1 is 1.27 bits per heavy atom. The van der Waals surface area contributed by atoms with Crippen molar-refractivity contribution in [2.45, 2.75) is 26.3 Å². The minimum Gasteiger partial charge on any atom is -0.353 e. The molecular weight excluding hydrogens is 391 g/mol. The van der Waals surface area contributed by atoms with E-state index >= 15 is 0 Å². The molecule has 0 heterocycles. The third-order valence-corrected chi connectivity index (χ3v) is 2.81. The number of halogens is 1. The smallest absolute Gasteiger partial charge is 0.224 e. The van der Waals surface area contributed by atoms with Crippen LogP contribution in [0.15, 0.2) is 41.9 Å². The fourth-order valence-electron chi connectivity index (χ4n) is 1.73. The molecule has 0 saturated heterocycles. The van der Waals surface area contributed by atoms with Crippen LogP contribution in [0.5, 0.6) is 0 Å². The first-order valence-corrected chi connectivity index (χ1v) is 7.13. The van der Waals surface area contributed by atoms with Gasteiger partial charge in [0.15, 0.2) is 5.96 Å². The third-order valence-electron chi connectivity index (χ3n) is 2.81. The van der Waals surface area contributed by atoms with Crippen LogP contribution in [0, 0.1) is 0 Å². The van der Waals surface area contributed by atoms with Crippen molar-refractivity contribution in [3.05, 3.63) is 42.5 Å². The standard InChI is InChI=1S/C16H24N4O.HI/c1-4-6-15(21)20-14-9-7-13(8-10-14)12-19-16(17-3)18-11-5-2;/h5,7-10H,2,4,6,11-12H2,1,3H3,(H,20,21)(H2,17,18,19);1H. The van der Waals surface area contributed by atoms with Crippen LogP contribution in [-0.4, -0.2) is 25.5 Å². The van der Waals surface area contributed by atoms with Crippen molar-refractivity contribution in [2.24, 2.45) is 4.99 Å². The molecule has 0 saturated carbocycles. The molecule has 0 aliphatic rings. The summed E-state index contributed by atoms with van der Waals surface area (Å²) >= 11 is 0. The topological polar surface area (TPSA) is 65.5 Å². The Hall–Kier alpha value is -1.57. The fraction of sp³-hybridized carbons (Fsp3) is 0.375. The highest BCUT2D eigenvalue weighted by Gasteiger charge is 2.01. The second kappa shape index (κ2) is 12.0. The summed E-state index contributed by atoms with van der Waals surface area (Å²) in [6.45, 7) is 6.97. The molecule has 0 aliphatic carbocycles. The van der Waals surface area contributed by atoms with E-state index in [0.29, 0.717) is 19.5 Å². The number of rotatable bonds is 7. The predicted octanol–water partition coefficient (Wildman–Crippen LogP) is 2.89. The molecule has 0 aliphatic heterocycles. The molecule has 0 fully saturated rings. The number of anilines is 1. The third kappa shape index (κ3) is 8.02. The van der Waals surface area contributed by atoms with Crippen molar-refractivity contribution < 1.29 is 4.79 Å². The number of benzene rings is 1. The van der Waals surface area contributed by atoms with Crippen molar-refractivity contribution in [3.63, 3.8) is 0 Å². The van der Waals surface area contributed by atoms with Crippen LogP contribution in [0.3, 0.4) is 0 Å². The largest absolute Gasteiger partial charge is 0.353 e. The minimum atomic E-state index is 0. The minimum absolute atomic E-state index is 0. The van der Waals surface area contributed by atoms with Crippen molar-refractivity contribution in [1.29, 1.82) is 0 Å². The molecule has 6 heteroatoms. The van der Waals surface area contributed by atoms with Crippen molar-refractivity contribution in [2.75, 3.05) is 18.9 Å².